The van der Waals surface area contributed by atoms with Gasteiger partial charge in [-0.2, -0.15) is 0 Å². The van der Waals surface area contributed by atoms with Crippen LogP contribution in [0.2, 0.25) is 0 Å². The summed E-state index contributed by atoms with van der Waals surface area (Å²) in [6, 6.07) is 19.3. The molecule has 0 bridgehead atoms. The van der Waals surface area contributed by atoms with Crippen molar-refractivity contribution in [2.75, 3.05) is 24.5 Å². The Hall–Kier alpha value is -3.84. The fraction of sp³-hybridized carbons (Fsp3) is 0.333. The van der Waals surface area contributed by atoms with Crippen LogP contribution in [0.15, 0.2) is 66.9 Å². The normalized spacial score (nSPS) is 14.6. The third-order valence-corrected chi connectivity index (χ3v) is 7.04. The molecule has 4 rings (SSSR count). The quantitative estimate of drug-likeness (QED) is 0.402. The maximum absolute atomic E-state index is 13.1. The smallest absolute Gasteiger partial charge is 0.323 e. The lowest BCUT2D eigenvalue weighted by Crippen LogP contribution is -2.43. The maximum atomic E-state index is 13.1. The van der Waals surface area contributed by atoms with E-state index in [-0.39, 0.29) is 24.3 Å². The van der Waals surface area contributed by atoms with Gasteiger partial charge in [0.05, 0.1) is 0 Å². The van der Waals surface area contributed by atoms with Gasteiger partial charge in [-0.25, -0.2) is 0 Å². The molecule has 7 heteroatoms. The van der Waals surface area contributed by atoms with Gasteiger partial charge >= 0.3 is 5.97 Å². The van der Waals surface area contributed by atoms with E-state index in [4.69, 9.17) is 0 Å². The van der Waals surface area contributed by atoms with Crippen LogP contribution in [0.1, 0.15) is 57.9 Å². The number of aliphatic carboxylic acids is 1. The van der Waals surface area contributed by atoms with Crippen LogP contribution in [-0.2, 0) is 16.0 Å². The number of nitrogens with zero attached hydrogens (tertiary/aromatic N) is 2. The van der Waals surface area contributed by atoms with Gasteiger partial charge in [0.15, 0.2) is 0 Å². The van der Waals surface area contributed by atoms with E-state index < -0.39 is 5.97 Å². The van der Waals surface area contributed by atoms with Crippen LogP contribution in [0, 0.1) is 12.8 Å². The molecule has 1 aliphatic heterocycles. The predicted octanol–water partition coefficient (Wildman–Crippen LogP) is 4.38. The van der Waals surface area contributed by atoms with E-state index in [2.05, 4.69) is 16.4 Å². The summed E-state index contributed by atoms with van der Waals surface area (Å²) >= 11 is 0. The van der Waals surface area contributed by atoms with Crippen molar-refractivity contribution >= 4 is 23.9 Å². The fourth-order valence-electron chi connectivity index (χ4n) is 5.10. The monoisotopic (exact) mass is 499 g/mol. The SMILES string of the molecule is Cc1cc(C(CCc2ccc(N(CC(=O)O)C(=O)C3CCNCC3)cc2)c2ccccc2C=O)ccn1. The molecule has 1 unspecified atom stereocenters. The maximum Gasteiger partial charge on any atom is 0.323 e. The molecule has 3 aromatic rings. The number of amides is 1. The lowest BCUT2D eigenvalue weighted by molar-refractivity contribution is -0.137. The molecule has 2 heterocycles. The Bertz CT molecular complexity index is 1240. The van der Waals surface area contributed by atoms with E-state index in [1.165, 1.54) is 4.90 Å². The zero-order chi connectivity index (χ0) is 26.2. The van der Waals surface area contributed by atoms with E-state index in [0.717, 1.165) is 54.6 Å². The minimum atomic E-state index is -1.03. The van der Waals surface area contributed by atoms with Crippen LogP contribution in [-0.4, -0.2) is 47.9 Å². The number of rotatable bonds is 10. The molecule has 192 valence electrons. The summed E-state index contributed by atoms with van der Waals surface area (Å²) in [7, 11) is 0. The number of anilines is 1. The van der Waals surface area contributed by atoms with E-state index in [1.807, 2.05) is 61.5 Å². The number of hydrogen-bond donors (Lipinski definition) is 2. The molecule has 1 saturated heterocycles. The lowest BCUT2D eigenvalue weighted by Gasteiger charge is -2.29. The van der Waals surface area contributed by atoms with Gasteiger partial charge in [-0.3, -0.25) is 19.4 Å². The number of carboxylic acid groups (broad SMARTS) is 1. The summed E-state index contributed by atoms with van der Waals surface area (Å²) in [4.78, 5) is 42.1. The van der Waals surface area contributed by atoms with E-state index in [0.29, 0.717) is 24.1 Å². The average Bonchev–Trinajstić information content (AvgIpc) is 2.92. The molecule has 1 aliphatic rings. The van der Waals surface area contributed by atoms with E-state index in [1.54, 1.807) is 6.20 Å². The Morgan fingerprint density at radius 1 is 1.11 bits per heavy atom. The van der Waals surface area contributed by atoms with Crippen molar-refractivity contribution in [3.8, 4) is 0 Å². The highest BCUT2D eigenvalue weighted by Gasteiger charge is 2.28. The molecule has 1 amide bonds. The summed E-state index contributed by atoms with van der Waals surface area (Å²) in [6.45, 7) is 3.14. The Morgan fingerprint density at radius 2 is 1.84 bits per heavy atom. The Labute approximate surface area is 217 Å². The van der Waals surface area contributed by atoms with Crippen molar-refractivity contribution in [3.05, 3.63) is 94.8 Å². The first-order valence-electron chi connectivity index (χ1n) is 12.8. The number of carboxylic acids is 1. The highest BCUT2D eigenvalue weighted by molar-refractivity contribution is 5.98. The first-order valence-corrected chi connectivity index (χ1v) is 12.8. The van der Waals surface area contributed by atoms with Gasteiger partial charge in [-0.05, 0) is 86.7 Å². The van der Waals surface area contributed by atoms with E-state index in [9.17, 15) is 19.5 Å². The van der Waals surface area contributed by atoms with Crippen LogP contribution in [0.5, 0.6) is 0 Å². The second-order valence-corrected chi connectivity index (χ2v) is 9.58. The van der Waals surface area contributed by atoms with Crippen molar-refractivity contribution in [2.45, 2.75) is 38.5 Å². The number of piperidine rings is 1. The lowest BCUT2D eigenvalue weighted by atomic mass is 9.84. The molecule has 1 atom stereocenters. The molecule has 2 N–H and O–H groups in total. The summed E-state index contributed by atoms with van der Waals surface area (Å²) in [5.41, 5.74) is 5.37. The van der Waals surface area contributed by atoms with Crippen LogP contribution in [0.4, 0.5) is 5.69 Å². The van der Waals surface area contributed by atoms with Crippen LogP contribution in [0.25, 0.3) is 0 Å². The largest absolute Gasteiger partial charge is 0.480 e. The van der Waals surface area contributed by atoms with Crippen molar-refractivity contribution in [1.82, 2.24) is 10.3 Å². The number of hydrogen-bond acceptors (Lipinski definition) is 5. The molecule has 0 radical (unpaired) electrons. The molecule has 0 saturated carbocycles. The number of aryl methyl sites for hydroxylation is 2. The molecule has 7 nitrogen and oxygen atoms in total. The third kappa shape index (κ3) is 6.68. The number of pyridine rings is 1. The Balaban J connectivity index is 1.54. The first-order chi connectivity index (χ1) is 18.0. The molecular formula is C30H33N3O4. The molecular weight excluding hydrogens is 466 g/mol. The predicted molar refractivity (Wildman–Crippen MR) is 143 cm³/mol. The highest BCUT2D eigenvalue weighted by Crippen LogP contribution is 2.32. The zero-order valence-corrected chi connectivity index (χ0v) is 21.1. The molecule has 0 spiro atoms. The van der Waals surface area contributed by atoms with Gasteiger partial charge in [0.2, 0.25) is 5.91 Å². The second kappa shape index (κ2) is 12.4. The molecule has 0 aliphatic carbocycles. The topological polar surface area (TPSA) is 99.6 Å². The molecule has 1 aromatic heterocycles. The van der Waals surface area contributed by atoms with Gasteiger partial charge in [0, 0.05) is 35.0 Å². The number of aldehydes is 1. The zero-order valence-electron chi connectivity index (χ0n) is 21.1. The van der Waals surface area contributed by atoms with Crippen molar-refractivity contribution < 1.29 is 19.5 Å². The summed E-state index contributed by atoms with van der Waals surface area (Å²) in [6.07, 6.45) is 5.66. The van der Waals surface area contributed by atoms with Crippen LogP contribution < -0.4 is 10.2 Å². The summed E-state index contributed by atoms with van der Waals surface area (Å²) in [5.74, 6) is -1.30. The third-order valence-electron chi connectivity index (χ3n) is 7.04. The average molecular weight is 500 g/mol. The summed E-state index contributed by atoms with van der Waals surface area (Å²) < 4.78 is 0. The van der Waals surface area contributed by atoms with Gasteiger partial charge in [-0.1, -0.05) is 36.4 Å². The van der Waals surface area contributed by atoms with Gasteiger partial charge in [0.25, 0.3) is 0 Å². The second-order valence-electron chi connectivity index (χ2n) is 9.58. The van der Waals surface area contributed by atoms with Gasteiger partial charge in [-0.15, -0.1) is 0 Å². The van der Waals surface area contributed by atoms with Crippen LogP contribution in [0.3, 0.4) is 0 Å². The van der Waals surface area contributed by atoms with Crippen molar-refractivity contribution in [1.29, 1.82) is 0 Å². The Morgan fingerprint density at radius 3 is 2.51 bits per heavy atom. The number of carbonyl (C=O) groups is 3. The van der Waals surface area contributed by atoms with Gasteiger partial charge in [0.1, 0.15) is 12.8 Å². The van der Waals surface area contributed by atoms with E-state index >= 15 is 0 Å². The number of carbonyl (C=O) groups excluding carboxylic acids is 2. The minimum Gasteiger partial charge on any atom is -0.480 e. The standard InChI is InChI=1S/C30H33N3O4/c1-21-18-24(14-17-32-21)28(27-5-3-2-4-25(27)20-34)11-8-22-6-9-26(10-7-22)33(19-29(35)36)30(37)23-12-15-31-16-13-23/h2-7,9-10,14,17-18,20,23,28,31H,8,11-13,15-16,19H2,1H3,(H,35,36). The first kappa shape index (κ1) is 26.2. The van der Waals surface area contributed by atoms with Crippen molar-refractivity contribution in [3.63, 3.8) is 0 Å². The number of aromatic nitrogens is 1. The molecule has 37 heavy (non-hydrogen) atoms. The fourth-order valence-corrected chi connectivity index (χ4v) is 5.10. The highest BCUT2D eigenvalue weighted by atomic mass is 16.4. The van der Waals surface area contributed by atoms with Crippen molar-refractivity contribution in [2.24, 2.45) is 5.92 Å². The molecule has 1 fully saturated rings. The Kier molecular flexibility index (Phi) is 8.80. The molecule has 2 aromatic carbocycles. The minimum absolute atomic E-state index is 0.0211. The summed E-state index contributed by atoms with van der Waals surface area (Å²) in [5, 5.41) is 12.7. The number of nitrogens with one attached hydrogen (secondary N) is 1. The van der Waals surface area contributed by atoms with Crippen LogP contribution >= 0.6 is 0 Å². The van der Waals surface area contributed by atoms with Gasteiger partial charge < -0.3 is 15.3 Å². The number of benzene rings is 2.